The van der Waals surface area contributed by atoms with E-state index in [1.807, 2.05) is 24.5 Å². The Morgan fingerprint density at radius 3 is 2.61 bits per heavy atom. The fourth-order valence-corrected chi connectivity index (χ4v) is 4.77. The summed E-state index contributed by atoms with van der Waals surface area (Å²) in [6.07, 6.45) is 6.25. The molecule has 3 heterocycles. The fraction of sp³-hybridized carbons (Fsp3) is 0.444. The largest absolute Gasteiger partial charge is 0.346 e. The van der Waals surface area contributed by atoms with Crippen molar-refractivity contribution in [3.8, 4) is 11.1 Å². The molecule has 1 aliphatic heterocycles. The monoisotopic (exact) mass is 445 g/mol. The van der Waals surface area contributed by atoms with Gasteiger partial charge in [-0.3, -0.25) is 14.7 Å². The molecule has 2 aromatic heterocycles. The molecule has 0 bridgehead atoms. The van der Waals surface area contributed by atoms with E-state index in [1.54, 1.807) is 0 Å². The van der Waals surface area contributed by atoms with Crippen molar-refractivity contribution in [2.24, 2.45) is 5.92 Å². The molecule has 1 saturated heterocycles. The van der Waals surface area contributed by atoms with E-state index in [9.17, 15) is 4.79 Å². The third-order valence-corrected chi connectivity index (χ3v) is 6.54. The van der Waals surface area contributed by atoms with Crippen molar-refractivity contribution < 1.29 is 4.79 Å². The average molecular weight is 446 g/mol. The number of rotatable bonds is 8. The van der Waals surface area contributed by atoms with Gasteiger partial charge in [-0.05, 0) is 48.6 Å². The van der Waals surface area contributed by atoms with E-state index < -0.39 is 0 Å². The molecule has 1 unspecified atom stereocenters. The van der Waals surface area contributed by atoms with Crippen LogP contribution in [0.2, 0.25) is 0 Å². The highest BCUT2D eigenvalue weighted by Gasteiger charge is 2.31. The Morgan fingerprint density at radius 1 is 1.09 bits per heavy atom. The number of aromatic nitrogens is 3. The molecule has 0 saturated carbocycles. The standard InChI is InChI=1S/C27H35N5O/c1-4-14-32-16-15-31(19-25-20(3)29-26(5-2)30-25)18-23(27(32)33)17-22-8-6-7-9-24(22)21-10-12-28-13-11-21/h6-13,23H,4-5,14-19H2,1-3H3,(H,29,30). The normalized spacial score (nSPS) is 17.4. The zero-order valence-electron chi connectivity index (χ0n) is 20.1. The van der Waals surface area contributed by atoms with E-state index in [2.05, 4.69) is 64.8 Å². The lowest BCUT2D eigenvalue weighted by Gasteiger charge is -2.24. The number of nitrogens with one attached hydrogen (secondary N) is 1. The first-order chi connectivity index (χ1) is 16.1. The molecule has 6 heteroatoms. The van der Waals surface area contributed by atoms with Crippen LogP contribution in [0.3, 0.4) is 0 Å². The molecular formula is C27H35N5O. The predicted molar refractivity (Wildman–Crippen MR) is 132 cm³/mol. The van der Waals surface area contributed by atoms with Gasteiger partial charge in [-0.25, -0.2) is 4.98 Å². The number of amides is 1. The second-order valence-electron chi connectivity index (χ2n) is 8.96. The van der Waals surface area contributed by atoms with E-state index in [1.165, 1.54) is 11.1 Å². The number of carbonyl (C=O) groups is 1. The van der Waals surface area contributed by atoms with E-state index in [0.717, 1.165) is 74.8 Å². The van der Waals surface area contributed by atoms with Gasteiger partial charge in [-0.1, -0.05) is 38.1 Å². The molecule has 6 nitrogen and oxygen atoms in total. The summed E-state index contributed by atoms with van der Waals surface area (Å²) in [6.45, 7) is 10.3. The van der Waals surface area contributed by atoms with Gasteiger partial charge in [0.05, 0.1) is 11.6 Å². The molecule has 1 N–H and O–H groups in total. The third-order valence-electron chi connectivity index (χ3n) is 6.54. The highest BCUT2D eigenvalue weighted by Crippen LogP contribution is 2.27. The number of aryl methyl sites for hydroxylation is 2. The van der Waals surface area contributed by atoms with Gasteiger partial charge in [-0.2, -0.15) is 0 Å². The van der Waals surface area contributed by atoms with Crippen molar-refractivity contribution in [1.82, 2.24) is 24.8 Å². The van der Waals surface area contributed by atoms with E-state index in [0.29, 0.717) is 0 Å². The molecule has 0 radical (unpaired) electrons. The summed E-state index contributed by atoms with van der Waals surface area (Å²) < 4.78 is 0. The highest BCUT2D eigenvalue weighted by molar-refractivity contribution is 5.80. The summed E-state index contributed by atoms with van der Waals surface area (Å²) in [5.41, 5.74) is 5.76. The smallest absolute Gasteiger partial charge is 0.227 e. The Morgan fingerprint density at radius 2 is 1.88 bits per heavy atom. The Labute approximate surface area is 197 Å². The Hall–Kier alpha value is -2.99. The Balaban J connectivity index is 1.59. The molecule has 1 atom stereocenters. The average Bonchev–Trinajstić information content (AvgIpc) is 3.13. The molecule has 0 spiro atoms. The van der Waals surface area contributed by atoms with Gasteiger partial charge >= 0.3 is 0 Å². The lowest BCUT2D eigenvalue weighted by Crippen LogP contribution is -2.37. The molecule has 1 fully saturated rings. The summed E-state index contributed by atoms with van der Waals surface area (Å²) in [5, 5.41) is 0. The second kappa shape index (κ2) is 10.8. The zero-order chi connectivity index (χ0) is 23.2. The van der Waals surface area contributed by atoms with Crippen molar-refractivity contribution >= 4 is 5.91 Å². The fourth-order valence-electron chi connectivity index (χ4n) is 4.77. The molecule has 174 valence electrons. The molecule has 33 heavy (non-hydrogen) atoms. The Kier molecular flexibility index (Phi) is 7.55. The van der Waals surface area contributed by atoms with Crippen LogP contribution in [0.4, 0.5) is 0 Å². The first-order valence-corrected chi connectivity index (χ1v) is 12.1. The number of aromatic amines is 1. The number of benzene rings is 1. The lowest BCUT2D eigenvalue weighted by molar-refractivity contribution is -0.134. The number of H-pyrrole nitrogens is 1. The second-order valence-corrected chi connectivity index (χ2v) is 8.96. The number of hydrogen-bond acceptors (Lipinski definition) is 4. The number of imidazole rings is 1. The number of carbonyl (C=O) groups excluding carboxylic acids is 1. The summed E-state index contributed by atoms with van der Waals surface area (Å²) in [7, 11) is 0. The summed E-state index contributed by atoms with van der Waals surface area (Å²) in [6, 6.07) is 12.5. The van der Waals surface area contributed by atoms with Gasteiger partial charge < -0.3 is 9.88 Å². The van der Waals surface area contributed by atoms with Gasteiger partial charge in [0.15, 0.2) is 0 Å². The lowest BCUT2D eigenvalue weighted by atomic mass is 9.91. The van der Waals surface area contributed by atoms with Crippen molar-refractivity contribution in [3.63, 3.8) is 0 Å². The van der Waals surface area contributed by atoms with Gasteiger partial charge in [0.1, 0.15) is 5.82 Å². The summed E-state index contributed by atoms with van der Waals surface area (Å²) in [4.78, 5) is 30.4. The van der Waals surface area contributed by atoms with Crippen LogP contribution in [0, 0.1) is 12.8 Å². The van der Waals surface area contributed by atoms with Crippen molar-refractivity contribution in [1.29, 1.82) is 0 Å². The molecule has 1 aromatic carbocycles. The van der Waals surface area contributed by atoms with Gasteiger partial charge in [-0.15, -0.1) is 0 Å². The minimum absolute atomic E-state index is 0.0769. The number of pyridine rings is 1. The Bertz CT molecular complexity index is 1060. The van der Waals surface area contributed by atoms with Crippen LogP contribution in [0.5, 0.6) is 0 Å². The van der Waals surface area contributed by atoms with Crippen molar-refractivity contribution in [2.45, 2.75) is 46.6 Å². The zero-order valence-corrected chi connectivity index (χ0v) is 20.1. The molecule has 1 aliphatic rings. The number of hydrogen-bond donors (Lipinski definition) is 1. The van der Waals surface area contributed by atoms with Crippen LogP contribution in [0.1, 0.15) is 43.0 Å². The number of nitrogens with zero attached hydrogens (tertiary/aromatic N) is 4. The summed E-state index contributed by atoms with van der Waals surface area (Å²) in [5.74, 6) is 1.23. The van der Waals surface area contributed by atoms with E-state index in [-0.39, 0.29) is 11.8 Å². The van der Waals surface area contributed by atoms with Crippen LogP contribution in [-0.2, 0) is 24.2 Å². The first kappa shape index (κ1) is 23.2. The predicted octanol–water partition coefficient (Wildman–Crippen LogP) is 4.26. The molecule has 4 rings (SSSR count). The quantitative estimate of drug-likeness (QED) is 0.563. The van der Waals surface area contributed by atoms with E-state index in [4.69, 9.17) is 4.98 Å². The highest BCUT2D eigenvalue weighted by atomic mass is 16.2. The van der Waals surface area contributed by atoms with Crippen molar-refractivity contribution in [2.75, 3.05) is 26.2 Å². The van der Waals surface area contributed by atoms with Crippen LogP contribution in [-0.4, -0.2) is 56.8 Å². The molecule has 1 amide bonds. The molecule has 3 aromatic rings. The van der Waals surface area contributed by atoms with Crippen molar-refractivity contribution in [3.05, 3.63) is 71.6 Å². The third kappa shape index (κ3) is 5.50. The minimum Gasteiger partial charge on any atom is -0.346 e. The molecule has 0 aliphatic carbocycles. The van der Waals surface area contributed by atoms with Crippen LogP contribution in [0.15, 0.2) is 48.8 Å². The maximum absolute atomic E-state index is 13.6. The minimum atomic E-state index is -0.0769. The topological polar surface area (TPSA) is 65.1 Å². The van der Waals surface area contributed by atoms with Crippen LogP contribution in [0.25, 0.3) is 11.1 Å². The summed E-state index contributed by atoms with van der Waals surface area (Å²) >= 11 is 0. The SMILES string of the molecule is CCCN1CCN(Cc2nc(CC)[nH]c2C)CC(Cc2ccccc2-c2ccncc2)C1=O. The first-order valence-electron chi connectivity index (χ1n) is 12.1. The molecular weight excluding hydrogens is 410 g/mol. The maximum Gasteiger partial charge on any atom is 0.227 e. The maximum atomic E-state index is 13.6. The van der Waals surface area contributed by atoms with Gasteiger partial charge in [0, 0.05) is 57.2 Å². The van der Waals surface area contributed by atoms with Gasteiger partial charge in [0.25, 0.3) is 0 Å². The van der Waals surface area contributed by atoms with Gasteiger partial charge in [0.2, 0.25) is 5.91 Å². The van der Waals surface area contributed by atoms with Crippen LogP contribution >= 0.6 is 0 Å². The van der Waals surface area contributed by atoms with E-state index >= 15 is 0 Å². The van der Waals surface area contributed by atoms with Crippen LogP contribution < -0.4 is 0 Å².